The zero-order chi connectivity index (χ0) is 44.4. The topological polar surface area (TPSA) is 19.6 Å². The lowest BCUT2D eigenvalue weighted by atomic mass is 9.64. The van der Waals surface area contributed by atoms with E-state index < -0.39 is 5.41 Å². The van der Waals surface area contributed by atoms with E-state index in [4.69, 9.17) is 4.42 Å². The Morgan fingerprint density at radius 3 is 1.76 bits per heavy atom. The zero-order valence-electron chi connectivity index (χ0n) is 37.2. The Kier molecular flexibility index (Phi) is 7.95. The molecule has 0 atom stereocenters. The van der Waals surface area contributed by atoms with Crippen LogP contribution in [0.15, 0.2) is 235 Å². The Hall–Kier alpha value is -8.40. The van der Waals surface area contributed by atoms with Gasteiger partial charge in [-0.05, 0) is 122 Å². The van der Waals surface area contributed by atoms with Gasteiger partial charge in [-0.25, -0.2) is 0 Å². The van der Waals surface area contributed by atoms with Crippen LogP contribution in [0.25, 0.3) is 55.3 Å². The molecule has 1 aliphatic heterocycles. The van der Waals surface area contributed by atoms with Crippen LogP contribution < -0.4 is 9.80 Å². The molecular formula is C64H44N2O. The summed E-state index contributed by atoms with van der Waals surface area (Å²) in [7, 11) is 0. The molecule has 2 aliphatic carbocycles. The van der Waals surface area contributed by atoms with Gasteiger partial charge in [0, 0.05) is 38.7 Å². The monoisotopic (exact) mass is 856 g/mol. The lowest BCUT2D eigenvalue weighted by molar-refractivity contribution is 0.660. The number of furan rings is 1. The fourth-order valence-electron chi connectivity index (χ4n) is 12.2. The number of para-hydroxylation sites is 5. The van der Waals surface area contributed by atoms with E-state index in [1.807, 2.05) is 6.07 Å². The van der Waals surface area contributed by atoms with E-state index in [0.29, 0.717) is 0 Å². The normalized spacial score (nSPS) is 14.3. The van der Waals surface area contributed by atoms with E-state index in [-0.39, 0.29) is 5.41 Å². The second-order valence-corrected chi connectivity index (χ2v) is 18.8. The first-order chi connectivity index (χ1) is 33.0. The van der Waals surface area contributed by atoms with Crippen LogP contribution in [0.1, 0.15) is 47.2 Å². The predicted molar refractivity (Wildman–Crippen MR) is 277 cm³/mol. The average molecular weight is 857 g/mol. The molecule has 0 saturated heterocycles. The second-order valence-electron chi connectivity index (χ2n) is 18.8. The van der Waals surface area contributed by atoms with Gasteiger partial charge in [0.1, 0.15) is 11.2 Å². The number of hydrogen-bond acceptors (Lipinski definition) is 3. The van der Waals surface area contributed by atoms with Gasteiger partial charge in [-0.1, -0.05) is 178 Å². The average Bonchev–Trinajstić information content (AvgIpc) is 3.98. The summed E-state index contributed by atoms with van der Waals surface area (Å²) in [5, 5.41) is 2.23. The molecule has 14 rings (SSSR count). The third-order valence-electron chi connectivity index (χ3n) is 15.1. The molecule has 0 saturated carbocycles. The highest BCUT2D eigenvalue weighted by Gasteiger charge is 2.52. The Bertz CT molecular complexity index is 3770. The summed E-state index contributed by atoms with van der Waals surface area (Å²) in [6.07, 6.45) is 0. The van der Waals surface area contributed by atoms with Crippen molar-refractivity contribution in [2.75, 3.05) is 9.80 Å². The van der Waals surface area contributed by atoms with Gasteiger partial charge in [-0.2, -0.15) is 0 Å². The fourth-order valence-corrected chi connectivity index (χ4v) is 12.2. The smallest absolute Gasteiger partial charge is 0.135 e. The number of benzene rings is 10. The Labute approximate surface area is 390 Å². The molecule has 0 amide bonds. The maximum Gasteiger partial charge on any atom is 0.135 e. The van der Waals surface area contributed by atoms with Gasteiger partial charge >= 0.3 is 0 Å². The van der Waals surface area contributed by atoms with Crippen molar-refractivity contribution in [1.82, 2.24) is 0 Å². The van der Waals surface area contributed by atoms with Gasteiger partial charge in [-0.15, -0.1) is 0 Å². The molecule has 2 heterocycles. The first-order valence-electron chi connectivity index (χ1n) is 23.3. The summed E-state index contributed by atoms with van der Waals surface area (Å²) in [5.41, 5.74) is 23.1. The molecular weight excluding hydrogens is 813 g/mol. The molecule has 3 nitrogen and oxygen atoms in total. The minimum Gasteiger partial charge on any atom is -0.456 e. The molecule has 3 aliphatic rings. The maximum atomic E-state index is 6.36. The number of rotatable bonds is 5. The largest absolute Gasteiger partial charge is 0.456 e. The SMILES string of the molecule is CC1(C)c2ccccc2-c2ccc(N(c3ccccc3-c3ccc4oc5ccccc5c4c3)c3cccc4c3-c3ccccc3C43c4ccccc4N(c4ccccc4)c4ccccc43)cc21. The first-order valence-corrected chi connectivity index (χ1v) is 23.3. The summed E-state index contributed by atoms with van der Waals surface area (Å²) in [6, 6.07) is 85.2. The van der Waals surface area contributed by atoms with Crippen molar-refractivity contribution in [3.63, 3.8) is 0 Å². The number of hydrogen-bond donors (Lipinski definition) is 0. The molecule has 1 aromatic heterocycles. The number of anilines is 6. The molecule has 1 spiro atoms. The van der Waals surface area contributed by atoms with E-state index in [1.165, 1.54) is 67.0 Å². The van der Waals surface area contributed by atoms with Gasteiger partial charge < -0.3 is 14.2 Å². The minimum absolute atomic E-state index is 0.185. The molecule has 67 heavy (non-hydrogen) atoms. The van der Waals surface area contributed by atoms with Gasteiger partial charge in [0.05, 0.1) is 28.2 Å². The van der Waals surface area contributed by atoms with Crippen LogP contribution >= 0.6 is 0 Å². The van der Waals surface area contributed by atoms with Crippen LogP contribution in [-0.2, 0) is 10.8 Å². The quantitative estimate of drug-likeness (QED) is 0.172. The van der Waals surface area contributed by atoms with Gasteiger partial charge in [-0.3, -0.25) is 0 Å². The van der Waals surface area contributed by atoms with Crippen molar-refractivity contribution in [2.24, 2.45) is 0 Å². The van der Waals surface area contributed by atoms with E-state index in [2.05, 4.69) is 248 Å². The van der Waals surface area contributed by atoms with Crippen LogP contribution in [0, 0.1) is 0 Å². The van der Waals surface area contributed by atoms with Crippen LogP contribution in [0.5, 0.6) is 0 Å². The van der Waals surface area contributed by atoms with Gasteiger partial charge in [0.2, 0.25) is 0 Å². The highest BCUT2D eigenvalue weighted by Crippen LogP contribution is 2.65. The van der Waals surface area contributed by atoms with E-state index >= 15 is 0 Å². The predicted octanol–water partition coefficient (Wildman–Crippen LogP) is 17.2. The standard InChI is InChI=1S/C64H44N2O/c1-63(2)50-25-10-6-22-45(50)46-37-36-43(40-55(46)63)66(56-30-14-8-21-44(56)41-35-38-61-49(39-41)47-23-9-17-34-60(47)67-61)59-33-18-29-54-62(59)48-24-7-11-26-51(48)64(54)52-27-12-15-31-57(52)65(42-19-4-3-5-20-42)58-32-16-13-28-53(58)64/h3-40H,1-2H3. The summed E-state index contributed by atoms with van der Waals surface area (Å²) in [4.78, 5) is 5.01. The molecule has 10 aromatic carbocycles. The minimum atomic E-state index is -0.597. The maximum absolute atomic E-state index is 6.36. The lowest BCUT2D eigenvalue weighted by Crippen LogP contribution is -2.36. The molecule has 0 fully saturated rings. The summed E-state index contributed by atoms with van der Waals surface area (Å²) >= 11 is 0. The van der Waals surface area contributed by atoms with Crippen molar-refractivity contribution < 1.29 is 4.42 Å². The zero-order valence-corrected chi connectivity index (χ0v) is 37.2. The second kappa shape index (κ2) is 14.1. The third kappa shape index (κ3) is 5.17. The first kappa shape index (κ1) is 37.9. The summed E-state index contributed by atoms with van der Waals surface area (Å²) in [5.74, 6) is 0. The fraction of sp³-hybridized carbons (Fsp3) is 0.0625. The molecule has 11 aromatic rings. The third-order valence-corrected chi connectivity index (χ3v) is 15.1. The van der Waals surface area contributed by atoms with Crippen LogP contribution in [-0.4, -0.2) is 0 Å². The molecule has 0 N–H and O–H groups in total. The number of nitrogens with zero attached hydrogens (tertiary/aromatic N) is 2. The van der Waals surface area contributed by atoms with E-state index in [9.17, 15) is 0 Å². The highest BCUT2D eigenvalue weighted by molar-refractivity contribution is 6.08. The van der Waals surface area contributed by atoms with E-state index in [1.54, 1.807) is 0 Å². The molecule has 0 unspecified atom stereocenters. The van der Waals surface area contributed by atoms with Crippen LogP contribution in [0.2, 0.25) is 0 Å². The van der Waals surface area contributed by atoms with Crippen LogP contribution in [0.3, 0.4) is 0 Å². The van der Waals surface area contributed by atoms with Crippen molar-refractivity contribution in [2.45, 2.75) is 24.7 Å². The van der Waals surface area contributed by atoms with Crippen molar-refractivity contribution in [1.29, 1.82) is 0 Å². The van der Waals surface area contributed by atoms with Crippen molar-refractivity contribution in [3.05, 3.63) is 264 Å². The molecule has 316 valence electrons. The van der Waals surface area contributed by atoms with Crippen molar-refractivity contribution in [3.8, 4) is 33.4 Å². The van der Waals surface area contributed by atoms with Gasteiger partial charge in [0.25, 0.3) is 0 Å². The Balaban J connectivity index is 1.06. The highest BCUT2D eigenvalue weighted by atomic mass is 16.3. The Morgan fingerprint density at radius 2 is 0.970 bits per heavy atom. The van der Waals surface area contributed by atoms with Crippen molar-refractivity contribution >= 4 is 56.1 Å². The summed E-state index contributed by atoms with van der Waals surface area (Å²) < 4.78 is 6.36. The number of fused-ring (bicyclic) bond motifs is 15. The molecule has 0 bridgehead atoms. The Morgan fingerprint density at radius 1 is 0.388 bits per heavy atom. The van der Waals surface area contributed by atoms with Crippen LogP contribution in [0.4, 0.5) is 34.1 Å². The molecule has 0 radical (unpaired) electrons. The summed E-state index contributed by atoms with van der Waals surface area (Å²) in [6.45, 7) is 4.75. The lowest BCUT2D eigenvalue weighted by Gasteiger charge is -2.45. The molecule has 3 heteroatoms. The van der Waals surface area contributed by atoms with Gasteiger partial charge in [0.15, 0.2) is 0 Å². The van der Waals surface area contributed by atoms with E-state index in [0.717, 1.165) is 55.8 Å².